The summed E-state index contributed by atoms with van der Waals surface area (Å²) in [6.45, 7) is 6.67. The number of hydrogen-bond acceptors (Lipinski definition) is 3. The largest absolute Gasteiger partial charge is 0.779 e. The summed E-state index contributed by atoms with van der Waals surface area (Å²) < 4.78 is 15.3. The molecular formula is C6H14O3P-. The van der Waals surface area contributed by atoms with Gasteiger partial charge in [-0.25, -0.2) is 0 Å². The first-order chi connectivity index (χ1) is 4.33. The first kappa shape index (κ1) is 10.2. The topological polar surface area (TPSA) is 49.4 Å². The van der Waals surface area contributed by atoms with Crippen LogP contribution in [0.4, 0.5) is 0 Å². The minimum absolute atomic E-state index is 0.215. The van der Waals surface area contributed by atoms with Crippen LogP contribution < -0.4 is 4.89 Å². The lowest BCUT2D eigenvalue weighted by molar-refractivity contribution is -0.201. The Kier molecular flexibility index (Phi) is 3.57. The Morgan fingerprint density at radius 3 is 1.90 bits per heavy atom. The van der Waals surface area contributed by atoms with E-state index in [0.717, 1.165) is 6.66 Å². The fraction of sp³-hybridized carbons (Fsp3) is 1.00. The average Bonchev–Trinajstić information content (AvgIpc) is 1.60. The molecular weight excluding hydrogens is 151 g/mol. The van der Waals surface area contributed by atoms with Crippen molar-refractivity contribution in [3.63, 3.8) is 0 Å². The van der Waals surface area contributed by atoms with Crippen LogP contribution in [0.5, 0.6) is 0 Å². The second kappa shape index (κ2) is 3.51. The molecule has 10 heavy (non-hydrogen) atoms. The molecule has 0 bridgehead atoms. The van der Waals surface area contributed by atoms with Crippen molar-refractivity contribution in [1.82, 2.24) is 0 Å². The van der Waals surface area contributed by atoms with Crippen LogP contribution in [0.1, 0.15) is 20.8 Å². The van der Waals surface area contributed by atoms with Gasteiger partial charge in [-0.15, -0.1) is 0 Å². The number of rotatable bonds is 3. The molecule has 0 aromatic heterocycles. The van der Waals surface area contributed by atoms with Gasteiger partial charge >= 0.3 is 0 Å². The van der Waals surface area contributed by atoms with Crippen molar-refractivity contribution in [3.8, 4) is 0 Å². The second-order valence-electron chi connectivity index (χ2n) is 2.83. The third-order valence-corrected chi connectivity index (χ3v) is 2.01. The molecule has 0 spiro atoms. The molecule has 0 rings (SSSR count). The van der Waals surface area contributed by atoms with Crippen molar-refractivity contribution in [2.75, 3.05) is 6.66 Å². The van der Waals surface area contributed by atoms with E-state index in [2.05, 4.69) is 0 Å². The van der Waals surface area contributed by atoms with Crippen molar-refractivity contribution in [3.05, 3.63) is 0 Å². The van der Waals surface area contributed by atoms with E-state index >= 15 is 0 Å². The Labute approximate surface area is 61.9 Å². The van der Waals surface area contributed by atoms with Crippen LogP contribution >= 0.6 is 7.60 Å². The summed E-state index contributed by atoms with van der Waals surface area (Å²) in [5.74, 6) is 0.238. The van der Waals surface area contributed by atoms with Crippen molar-refractivity contribution < 1.29 is 14.0 Å². The molecule has 3 nitrogen and oxygen atoms in total. The van der Waals surface area contributed by atoms with E-state index in [1.807, 2.05) is 13.8 Å². The van der Waals surface area contributed by atoms with E-state index in [1.165, 1.54) is 0 Å². The molecule has 0 aromatic carbocycles. The molecule has 0 radical (unpaired) electrons. The van der Waals surface area contributed by atoms with Crippen LogP contribution in [0.3, 0.4) is 0 Å². The molecule has 62 valence electrons. The summed E-state index contributed by atoms with van der Waals surface area (Å²) >= 11 is 0. The zero-order valence-corrected chi connectivity index (χ0v) is 7.72. The first-order valence-electron chi connectivity index (χ1n) is 3.30. The molecule has 0 aliphatic heterocycles. The SMILES string of the molecule is CC(C)C(C)OP(C)(=O)[O-]. The Morgan fingerprint density at radius 2 is 1.80 bits per heavy atom. The van der Waals surface area contributed by atoms with Gasteiger partial charge in [0.05, 0.1) is 6.10 Å². The van der Waals surface area contributed by atoms with E-state index < -0.39 is 7.60 Å². The normalized spacial score (nSPS) is 20.6. The molecule has 2 unspecified atom stereocenters. The molecule has 2 atom stereocenters. The summed E-state index contributed by atoms with van der Waals surface area (Å²) in [4.78, 5) is 10.6. The van der Waals surface area contributed by atoms with Crippen molar-refractivity contribution >= 4 is 7.60 Å². The van der Waals surface area contributed by atoms with Crippen LogP contribution in [0.15, 0.2) is 0 Å². The van der Waals surface area contributed by atoms with E-state index in [0.29, 0.717) is 0 Å². The van der Waals surface area contributed by atoms with Gasteiger partial charge in [-0.2, -0.15) is 0 Å². The summed E-state index contributed by atoms with van der Waals surface area (Å²) in [6, 6.07) is 0. The van der Waals surface area contributed by atoms with Gasteiger partial charge in [0.1, 0.15) is 7.60 Å². The second-order valence-corrected chi connectivity index (χ2v) is 4.58. The molecule has 4 heteroatoms. The van der Waals surface area contributed by atoms with Crippen LogP contribution in [0.2, 0.25) is 0 Å². The van der Waals surface area contributed by atoms with E-state index in [4.69, 9.17) is 4.52 Å². The monoisotopic (exact) mass is 165 g/mol. The van der Waals surface area contributed by atoms with Crippen molar-refractivity contribution in [2.45, 2.75) is 26.9 Å². The predicted molar refractivity (Wildman–Crippen MR) is 38.9 cm³/mol. The Hall–Kier alpha value is 0.150. The minimum Gasteiger partial charge on any atom is -0.779 e. The van der Waals surface area contributed by atoms with Gasteiger partial charge in [0.2, 0.25) is 0 Å². The lowest BCUT2D eigenvalue weighted by Crippen LogP contribution is -2.17. The fourth-order valence-corrected chi connectivity index (χ4v) is 1.27. The van der Waals surface area contributed by atoms with Gasteiger partial charge in [0.25, 0.3) is 0 Å². The van der Waals surface area contributed by atoms with Crippen LogP contribution in [-0.2, 0) is 9.09 Å². The summed E-state index contributed by atoms with van der Waals surface area (Å²) in [6.07, 6.45) is -0.215. The maximum atomic E-state index is 10.6. The highest BCUT2D eigenvalue weighted by Gasteiger charge is 2.10. The molecule has 0 fully saturated rings. The lowest BCUT2D eigenvalue weighted by atomic mass is 10.1. The summed E-state index contributed by atoms with van der Waals surface area (Å²) in [7, 11) is -3.53. The highest BCUT2D eigenvalue weighted by atomic mass is 31.2. The molecule has 0 aliphatic carbocycles. The van der Waals surface area contributed by atoms with Gasteiger partial charge < -0.3 is 14.0 Å². The highest BCUT2D eigenvalue weighted by Crippen LogP contribution is 2.34. The zero-order valence-electron chi connectivity index (χ0n) is 6.83. The maximum Gasteiger partial charge on any atom is 0.132 e. The average molecular weight is 165 g/mol. The van der Waals surface area contributed by atoms with Gasteiger partial charge in [-0.05, 0) is 12.8 Å². The van der Waals surface area contributed by atoms with Crippen molar-refractivity contribution in [2.24, 2.45) is 5.92 Å². The molecule has 0 amide bonds. The van der Waals surface area contributed by atoms with E-state index in [-0.39, 0.29) is 12.0 Å². The minimum atomic E-state index is -3.53. The van der Waals surface area contributed by atoms with Crippen molar-refractivity contribution in [1.29, 1.82) is 0 Å². The first-order valence-corrected chi connectivity index (χ1v) is 5.29. The van der Waals surface area contributed by atoms with Gasteiger partial charge in [-0.1, -0.05) is 13.8 Å². The summed E-state index contributed by atoms with van der Waals surface area (Å²) in [5, 5.41) is 0. The van der Waals surface area contributed by atoms with Crippen LogP contribution in [-0.4, -0.2) is 12.8 Å². The van der Waals surface area contributed by atoms with Crippen LogP contribution in [0.25, 0.3) is 0 Å². The quantitative estimate of drug-likeness (QED) is 0.591. The summed E-state index contributed by atoms with van der Waals surface area (Å²) in [5.41, 5.74) is 0. The highest BCUT2D eigenvalue weighted by molar-refractivity contribution is 7.50. The smallest absolute Gasteiger partial charge is 0.132 e. The Bertz CT molecular complexity index is 138. The standard InChI is InChI=1S/C6H15O3P/c1-5(2)6(3)9-10(4,7)8/h5-6H,1-4H3,(H,7,8)/p-1. The van der Waals surface area contributed by atoms with Crippen LogP contribution in [0, 0.1) is 5.92 Å². The van der Waals surface area contributed by atoms with Gasteiger partial charge in [0, 0.05) is 6.66 Å². The molecule has 0 N–H and O–H groups in total. The Morgan fingerprint density at radius 1 is 1.40 bits per heavy atom. The molecule has 0 saturated carbocycles. The third-order valence-electron chi connectivity index (χ3n) is 1.30. The van der Waals surface area contributed by atoms with Gasteiger partial charge in [0.15, 0.2) is 0 Å². The van der Waals surface area contributed by atoms with E-state index in [9.17, 15) is 9.46 Å². The molecule has 0 aliphatic rings. The van der Waals surface area contributed by atoms with E-state index in [1.54, 1.807) is 6.92 Å². The van der Waals surface area contributed by atoms with Gasteiger partial charge in [-0.3, -0.25) is 0 Å². The molecule has 0 saturated heterocycles. The predicted octanol–water partition coefficient (Wildman–Crippen LogP) is 1.23. The number of hydrogen-bond donors (Lipinski definition) is 0. The molecule has 0 heterocycles. The third kappa shape index (κ3) is 4.98. The molecule has 0 aromatic rings. The maximum absolute atomic E-state index is 10.6. The zero-order chi connectivity index (χ0) is 8.36. The fourth-order valence-electron chi connectivity index (χ4n) is 0.424. The Balaban J connectivity index is 3.80. The lowest BCUT2D eigenvalue weighted by Gasteiger charge is -2.25.